The summed E-state index contributed by atoms with van der Waals surface area (Å²) in [4.78, 5) is 23.2. The fraction of sp³-hybridized carbons (Fsp3) is 0.882. The van der Waals surface area contributed by atoms with Gasteiger partial charge in [0.05, 0.1) is 13.5 Å². The summed E-state index contributed by atoms with van der Waals surface area (Å²) in [5.74, 6) is -0.480. The first-order valence-corrected chi connectivity index (χ1v) is 11.4. The zero-order valence-corrected chi connectivity index (χ0v) is 17.5. The third kappa shape index (κ3) is 7.35. The largest absolute Gasteiger partial charge is 0.469 e. The number of carbonyl (C=O) groups is 2. The molecule has 2 atom stereocenters. The van der Waals surface area contributed by atoms with Crippen LogP contribution in [0.2, 0.25) is 18.1 Å². The third-order valence-corrected chi connectivity index (χ3v) is 9.85. The van der Waals surface area contributed by atoms with E-state index in [1.54, 1.807) is 6.92 Å². The number of rotatable bonds is 11. The van der Waals surface area contributed by atoms with Crippen LogP contribution in [0.1, 0.15) is 54.4 Å². The quantitative estimate of drug-likeness (QED) is 0.306. The summed E-state index contributed by atoms with van der Waals surface area (Å²) >= 11 is 6.46. The van der Waals surface area contributed by atoms with Crippen LogP contribution in [-0.2, 0) is 18.8 Å². The van der Waals surface area contributed by atoms with Crippen LogP contribution in [0.5, 0.6) is 0 Å². The summed E-state index contributed by atoms with van der Waals surface area (Å²) < 4.78 is 11.1. The summed E-state index contributed by atoms with van der Waals surface area (Å²) in [5, 5.41) is 0. The van der Waals surface area contributed by atoms with Gasteiger partial charge in [0.25, 0.3) is 0 Å². The van der Waals surface area contributed by atoms with E-state index in [2.05, 4.69) is 20.8 Å². The van der Waals surface area contributed by atoms with Gasteiger partial charge in [-0.2, -0.15) is 0 Å². The number of carbonyl (C=O) groups excluding carboxylic acids is 2. The van der Waals surface area contributed by atoms with Gasteiger partial charge in [-0.1, -0.05) is 20.8 Å². The van der Waals surface area contributed by atoms with Gasteiger partial charge in [-0.05, 0) is 51.2 Å². The second-order valence-corrected chi connectivity index (χ2v) is 12.4. The molecule has 0 aliphatic heterocycles. The van der Waals surface area contributed by atoms with Crippen LogP contribution < -0.4 is 0 Å². The van der Waals surface area contributed by atoms with E-state index >= 15 is 0 Å². The van der Waals surface area contributed by atoms with E-state index in [4.69, 9.17) is 20.8 Å². The van der Waals surface area contributed by atoms with Gasteiger partial charge in [0.1, 0.15) is 6.10 Å². The maximum absolute atomic E-state index is 12.1. The molecule has 0 N–H and O–H groups in total. The lowest BCUT2D eigenvalue weighted by Gasteiger charge is -2.36. The molecule has 0 aliphatic rings. The summed E-state index contributed by atoms with van der Waals surface area (Å²) in [6.07, 6.45) is 0.156. The molecule has 0 saturated heterocycles. The van der Waals surface area contributed by atoms with E-state index in [1.807, 2.05) is 13.8 Å². The molecule has 0 unspecified atom stereocenters. The van der Waals surface area contributed by atoms with Gasteiger partial charge in [-0.3, -0.25) is 9.59 Å². The highest BCUT2D eigenvalue weighted by Gasteiger charge is 2.38. The van der Waals surface area contributed by atoms with E-state index in [9.17, 15) is 9.59 Å². The third-order valence-electron chi connectivity index (χ3n) is 4.89. The van der Waals surface area contributed by atoms with Gasteiger partial charge in [-0.15, -0.1) is 11.6 Å². The average Bonchev–Trinajstić information content (AvgIpc) is 2.49. The molecule has 0 aliphatic carbocycles. The Morgan fingerprint density at radius 1 is 1.13 bits per heavy atom. The average molecular weight is 365 g/mol. The molecule has 0 fully saturated rings. The number of Topliss-reactive ketones (excluding diaryl/α,β-unsaturated/α-hetero) is 1. The summed E-state index contributed by atoms with van der Waals surface area (Å²) in [6, 6.07) is 2.95. The monoisotopic (exact) mass is 364 g/mol. The Labute approximate surface area is 147 Å². The first kappa shape index (κ1) is 22.6. The number of methoxy groups -OCH3 is 1. The number of halogens is 1. The smallest absolute Gasteiger partial charge is 0.305 e. The highest BCUT2D eigenvalue weighted by molar-refractivity contribution is 6.73. The zero-order valence-electron chi connectivity index (χ0n) is 15.7. The van der Waals surface area contributed by atoms with E-state index in [0.717, 1.165) is 18.1 Å². The first-order valence-electron chi connectivity index (χ1n) is 8.49. The van der Waals surface area contributed by atoms with Gasteiger partial charge in [0.15, 0.2) is 14.1 Å². The van der Waals surface area contributed by atoms with Crippen molar-refractivity contribution < 1.29 is 18.8 Å². The molecule has 0 heterocycles. The minimum Gasteiger partial charge on any atom is -0.469 e. The Bertz CT molecular complexity index is 380. The lowest BCUT2D eigenvalue weighted by atomic mass is 9.86. The maximum atomic E-state index is 12.1. The molecule has 136 valence electrons. The van der Waals surface area contributed by atoms with E-state index in [-0.39, 0.29) is 24.1 Å². The lowest BCUT2D eigenvalue weighted by molar-refractivity contribution is -0.142. The Morgan fingerprint density at radius 3 is 1.91 bits per heavy atom. The lowest BCUT2D eigenvalue weighted by Crippen LogP contribution is -2.44. The van der Waals surface area contributed by atoms with Crippen molar-refractivity contribution in [1.82, 2.24) is 0 Å². The SMILES string of the molecule is CC[Si](CC)(CC)O[C@H](C[C@H](CC(=O)OC)C(C)(C)Cl)C(C)=O. The van der Waals surface area contributed by atoms with Crippen molar-refractivity contribution in [3.8, 4) is 0 Å². The van der Waals surface area contributed by atoms with Gasteiger partial charge in [0, 0.05) is 4.87 Å². The predicted molar refractivity (Wildman–Crippen MR) is 97.4 cm³/mol. The number of ether oxygens (including phenoxy) is 1. The van der Waals surface area contributed by atoms with Crippen LogP contribution >= 0.6 is 11.6 Å². The highest BCUT2D eigenvalue weighted by atomic mass is 35.5. The molecule has 0 aromatic heterocycles. The number of alkyl halides is 1. The van der Waals surface area contributed by atoms with Gasteiger partial charge in [-0.25, -0.2) is 0 Å². The van der Waals surface area contributed by atoms with Gasteiger partial charge in [0.2, 0.25) is 0 Å². The van der Waals surface area contributed by atoms with Crippen molar-refractivity contribution in [3.63, 3.8) is 0 Å². The Hall–Kier alpha value is -0.393. The molecule has 0 saturated carbocycles. The Morgan fingerprint density at radius 2 is 1.61 bits per heavy atom. The van der Waals surface area contributed by atoms with Crippen LogP contribution in [0, 0.1) is 5.92 Å². The highest BCUT2D eigenvalue weighted by Crippen LogP contribution is 2.34. The summed E-state index contributed by atoms with van der Waals surface area (Å²) in [5.41, 5.74) is 0. The van der Waals surface area contributed by atoms with Crippen molar-refractivity contribution in [3.05, 3.63) is 0 Å². The molecule has 23 heavy (non-hydrogen) atoms. The Balaban J connectivity index is 5.28. The number of hydrogen-bond donors (Lipinski definition) is 0. The molecule has 0 radical (unpaired) electrons. The first-order chi connectivity index (χ1) is 10.5. The molecule has 4 nitrogen and oxygen atoms in total. The maximum Gasteiger partial charge on any atom is 0.305 e. The molecule has 0 amide bonds. The standard InChI is InChI=1S/C17H33ClO4Si/c1-8-23(9-2,10-3)22-15(13(4)19)11-14(17(5,6)18)12-16(20)21-7/h14-15H,8-12H2,1-7H3/t14-,15-/m1/s1. The minimum atomic E-state index is -1.90. The van der Waals surface area contributed by atoms with Crippen molar-refractivity contribution in [1.29, 1.82) is 0 Å². The molecule has 0 bridgehead atoms. The molecule has 6 heteroatoms. The number of ketones is 1. The molecule has 0 aromatic carbocycles. The molecule has 0 aromatic rings. The van der Waals surface area contributed by atoms with Crippen LogP contribution in [0.4, 0.5) is 0 Å². The molecule has 0 spiro atoms. The van der Waals surface area contributed by atoms with Gasteiger partial charge < -0.3 is 9.16 Å². The molecule has 0 rings (SSSR count). The van der Waals surface area contributed by atoms with E-state index in [0.29, 0.717) is 6.42 Å². The van der Waals surface area contributed by atoms with Crippen LogP contribution in [0.3, 0.4) is 0 Å². The topological polar surface area (TPSA) is 52.6 Å². The normalized spacial score (nSPS) is 15.1. The summed E-state index contributed by atoms with van der Waals surface area (Å²) in [7, 11) is -0.534. The minimum absolute atomic E-state index is 0.00741. The second kappa shape index (κ2) is 9.79. The fourth-order valence-electron chi connectivity index (χ4n) is 2.75. The molecular weight excluding hydrogens is 332 g/mol. The van der Waals surface area contributed by atoms with E-state index in [1.165, 1.54) is 7.11 Å². The zero-order chi connectivity index (χ0) is 18.3. The Kier molecular flexibility index (Phi) is 9.63. The number of esters is 1. The summed E-state index contributed by atoms with van der Waals surface area (Å²) in [6.45, 7) is 11.7. The van der Waals surface area contributed by atoms with Gasteiger partial charge >= 0.3 is 5.97 Å². The van der Waals surface area contributed by atoms with Crippen molar-refractivity contribution in [2.24, 2.45) is 5.92 Å². The van der Waals surface area contributed by atoms with Crippen LogP contribution in [0.25, 0.3) is 0 Å². The van der Waals surface area contributed by atoms with Crippen LogP contribution in [0.15, 0.2) is 0 Å². The van der Waals surface area contributed by atoms with E-state index < -0.39 is 19.3 Å². The van der Waals surface area contributed by atoms with Crippen LogP contribution in [-0.4, -0.2) is 38.2 Å². The predicted octanol–water partition coefficient (Wildman–Crippen LogP) is 4.55. The second-order valence-electron chi connectivity index (χ2n) is 6.74. The van der Waals surface area contributed by atoms with Crippen molar-refractivity contribution >= 4 is 31.7 Å². The fourth-order valence-corrected chi connectivity index (χ4v) is 5.78. The molecular formula is C17H33ClO4Si. The van der Waals surface area contributed by atoms with Crippen molar-refractivity contribution in [2.75, 3.05) is 7.11 Å². The van der Waals surface area contributed by atoms with Crippen molar-refractivity contribution in [2.45, 2.75) is 83.5 Å². The number of hydrogen-bond acceptors (Lipinski definition) is 4.